The van der Waals surface area contributed by atoms with Crippen molar-refractivity contribution in [2.24, 2.45) is 0 Å². The van der Waals surface area contributed by atoms with Gasteiger partial charge in [0.15, 0.2) is 0 Å². The fourth-order valence-electron chi connectivity index (χ4n) is 1.37. The van der Waals surface area contributed by atoms with Crippen LogP contribution in [0.25, 0.3) is 0 Å². The van der Waals surface area contributed by atoms with Crippen LogP contribution < -0.4 is 0 Å². The van der Waals surface area contributed by atoms with E-state index in [4.69, 9.17) is 20.3 Å². The van der Waals surface area contributed by atoms with Crippen molar-refractivity contribution in [1.29, 1.82) is 0 Å². The first kappa shape index (κ1) is 16.6. The summed E-state index contributed by atoms with van der Waals surface area (Å²) in [6.45, 7) is 5.89. The summed E-state index contributed by atoms with van der Waals surface area (Å²) in [5.41, 5.74) is 0. The molecule has 0 aliphatic rings. The molecule has 0 bridgehead atoms. The molecular weight excluding hydrogens is 243 g/mol. The Bertz CT molecular complexity index is 122. The molecule has 0 rings (SSSR count). The first-order valence-corrected chi connectivity index (χ1v) is 8.61. The highest BCUT2D eigenvalue weighted by molar-refractivity contribution is 7.76. The fourth-order valence-corrected chi connectivity index (χ4v) is 2.40. The zero-order chi connectivity index (χ0) is 12.1. The van der Waals surface area contributed by atoms with Crippen LogP contribution in [0.1, 0.15) is 65.2 Å². The van der Waals surface area contributed by atoms with Crippen molar-refractivity contribution in [3.05, 3.63) is 0 Å². The molecule has 0 saturated heterocycles. The van der Waals surface area contributed by atoms with E-state index in [1.54, 1.807) is 0 Å². The zero-order valence-corrected chi connectivity index (χ0v) is 12.4. The first-order valence-electron chi connectivity index (χ1n) is 6.53. The highest BCUT2D eigenvalue weighted by Gasteiger charge is 2.05. The normalized spacial score (nSPS) is 11.2. The maximum Gasteiger partial charge on any atom is 0.276 e. The van der Waals surface area contributed by atoms with E-state index in [1.807, 2.05) is 0 Å². The Morgan fingerprint density at radius 2 is 1.19 bits per heavy atom. The van der Waals surface area contributed by atoms with Gasteiger partial charge in [0, 0.05) is 0 Å². The van der Waals surface area contributed by atoms with E-state index in [0.717, 1.165) is 26.1 Å². The molecule has 16 heavy (non-hydrogen) atoms. The average Bonchev–Trinajstić information content (AvgIpc) is 2.28. The predicted octanol–water partition coefficient (Wildman–Crippen LogP) is 5.65. The van der Waals surface area contributed by atoms with E-state index in [2.05, 4.69) is 13.8 Å². The van der Waals surface area contributed by atoms with Gasteiger partial charge in [0.25, 0.3) is 7.73 Å². The highest BCUT2D eigenvalue weighted by atomic mass is 35.7. The lowest BCUT2D eigenvalue weighted by atomic mass is 10.2. The molecule has 0 aromatic rings. The van der Waals surface area contributed by atoms with Gasteiger partial charge in [0.1, 0.15) is 0 Å². The maximum absolute atomic E-state index is 5.93. The summed E-state index contributed by atoms with van der Waals surface area (Å²) in [6, 6.07) is 0. The molecule has 4 heteroatoms. The Labute approximate surface area is 107 Å². The molecule has 98 valence electrons. The molecule has 0 aromatic heterocycles. The fraction of sp³-hybridized carbons (Fsp3) is 1.00. The van der Waals surface area contributed by atoms with Crippen molar-refractivity contribution >= 4 is 19.0 Å². The molecule has 0 fully saturated rings. The molecule has 0 atom stereocenters. The second-order valence-electron chi connectivity index (χ2n) is 4.00. The van der Waals surface area contributed by atoms with Crippen molar-refractivity contribution in [2.75, 3.05) is 13.2 Å². The number of unbranched alkanes of at least 4 members (excludes halogenated alkanes) is 6. The van der Waals surface area contributed by atoms with Crippen LogP contribution in [-0.4, -0.2) is 13.2 Å². The summed E-state index contributed by atoms with van der Waals surface area (Å²) in [6.07, 6.45) is 9.72. The smallest absolute Gasteiger partial charge is 0.276 e. The molecule has 0 spiro atoms. The predicted molar refractivity (Wildman–Crippen MR) is 73.0 cm³/mol. The molecular formula is C12H26ClO2P. The standard InChI is InChI=1S/C12H26ClO2P/c1-3-5-7-9-11-14-16(13)15-12-10-8-6-4-2/h3-12H2,1-2H3. The van der Waals surface area contributed by atoms with Crippen molar-refractivity contribution in [2.45, 2.75) is 65.2 Å². The molecule has 0 aliphatic carbocycles. The van der Waals surface area contributed by atoms with E-state index in [-0.39, 0.29) is 0 Å². The van der Waals surface area contributed by atoms with Crippen LogP contribution >= 0.6 is 19.0 Å². The minimum Gasteiger partial charge on any atom is -0.322 e. The molecule has 0 saturated carbocycles. The SMILES string of the molecule is CCCCCCOP(Cl)OCCCCCC. The van der Waals surface area contributed by atoms with Gasteiger partial charge in [-0.25, -0.2) is 0 Å². The van der Waals surface area contributed by atoms with Gasteiger partial charge in [-0.1, -0.05) is 52.4 Å². The van der Waals surface area contributed by atoms with Crippen LogP contribution in [0.2, 0.25) is 0 Å². The Morgan fingerprint density at radius 1 is 0.750 bits per heavy atom. The molecule has 0 heterocycles. The molecule has 0 unspecified atom stereocenters. The van der Waals surface area contributed by atoms with Crippen molar-refractivity contribution in [1.82, 2.24) is 0 Å². The maximum atomic E-state index is 5.93. The average molecular weight is 269 g/mol. The summed E-state index contributed by atoms with van der Waals surface area (Å²) < 4.78 is 10.8. The zero-order valence-electron chi connectivity index (χ0n) is 10.7. The van der Waals surface area contributed by atoms with Gasteiger partial charge in [0.2, 0.25) is 0 Å². The lowest BCUT2D eigenvalue weighted by Gasteiger charge is -2.10. The Morgan fingerprint density at radius 3 is 1.56 bits per heavy atom. The molecule has 0 aliphatic heterocycles. The summed E-state index contributed by atoms with van der Waals surface area (Å²) in [5, 5.41) is 0. The van der Waals surface area contributed by atoms with Gasteiger partial charge >= 0.3 is 0 Å². The third kappa shape index (κ3) is 12.7. The number of rotatable bonds is 12. The van der Waals surface area contributed by atoms with Crippen molar-refractivity contribution in [3.8, 4) is 0 Å². The minimum absolute atomic E-state index is 0.740. The van der Waals surface area contributed by atoms with Gasteiger partial charge in [-0.3, -0.25) is 0 Å². The van der Waals surface area contributed by atoms with E-state index >= 15 is 0 Å². The van der Waals surface area contributed by atoms with Crippen LogP contribution in [0.4, 0.5) is 0 Å². The van der Waals surface area contributed by atoms with Crippen molar-refractivity contribution in [3.63, 3.8) is 0 Å². The second-order valence-corrected chi connectivity index (χ2v) is 5.77. The molecule has 0 radical (unpaired) electrons. The van der Waals surface area contributed by atoms with Gasteiger partial charge in [-0.05, 0) is 24.1 Å². The summed E-state index contributed by atoms with van der Waals surface area (Å²) in [4.78, 5) is 0. The Hall–Kier alpha value is 0.640. The third-order valence-electron chi connectivity index (χ3n) is 2.38. The first-order chi connectivity index (χ1) is 7.81. The van der Waals surface area contributed by atoms with Gasteiger partial charge in [-0.15, -0.1) is 0 Å². The van der Waals surface area contributed by atoms with E-state index in [0.29, 0.717) is 0 Å². The van der Waals surface area contributed by atoms with Crippen LogP contribution in [0, 0.1) is 0 Å². The second kappa shape index (κ2) is 13.7. The lowest BCUT2D eigenvalue weighted by molar-refractivity contribution is 0.251. The topological polar surface area (TPSA) is 18.5 Å². The van der Waals surface area contributed by atoms with Gasteiger partial charge in [0.05, 0.1) is 13.2 Å². The minimum atomic E-state index is -1.15. The van der Waals surface area contributed by atoms with Crippen LogP contribution in [0.15, 0.2) is 0 Å². The lowest BCUT2D eigenvalue weighted by Crippen LogP contribution is -1.92. The summed E-state index contributed by atoms with van der Waals surface area (Å²) in [5.74, 6) is 0. The van der Waals surface area contributed by atoms with Crippen LogP contribution in [0.5, 0.6) is 0 Å². The van der Waals surface area contributed by atoms with E-state index in [1.165, 1.54) is 38.5 Å². The number of hydrogen-bond acceptors (Lipinski definition) is 2. The van der Waals surface area contributed by atoms with E-state index < -0.39 is 7.73 Å². The molecule has 0 amide bonds. The van der Waals surface area contributed by atoms with Gasteiger partial charge < -0.3 is 9.05 Å². The largest absolute Gasteiger partial charge is 0.322 e. The highest BCUT2D eigenvalue weighted by Crippen LogP contribution is 2.43. The molecule has 2 nitrogen and oxygen atoms in total. The third-order valence-corrected chi connectivity index (χ3v) is 3.74. The summed E-state index contributed by atoms with van der Waals surface area (Å²) in [7, 11) is -1.15. The van der Waals surface area contributed by atoms with Crippen LogP contribution in [0.3, 0.4) is 0 Å². The Balaban J connectivity index is 3.09. The van der Waals surface area contributed by atoms with E-state index in [9.17, 15) is 0 Å². The van der Waals surface area contributed by atoms with Crippen LogP contribution in [-0.2, 0) is 9.05 Å². The number of halogens is 1. The monoisotopic (exact) mass is 268 g/mol. The summed E-state index contributed by atoms with van der Waals surface area (Å²) >= 11 is 5.93. The Kier molecular flexibility index (Phi) is 14.3. The molecule has 0 aromatic carbocycles. The van der Waals surface area contributed by atoms with Crippen molar-refractivity contribution < 1.29 is 9.05 Å². The quantitative estimate of drug-likeness (QED) is 0.336. The van der Waals surface area contributed by atoms with Gasteiger partial charge in [-0.2, -0.15) is 0 Å². The number of hydrogen-bond donors (Lipinski definition) is 0. The molecule has 0 N–H and O–H groups in total.